The highest BCUT2D eigenvalue weighted by Crippen LogP contribution is 2.04. The van der Waals surface area contributed by atoms with Gasteiger partial charge in [0.25, 0.3) is 0 Å². The minimum atomic E-state index is -1.04. The van der Waals surface area contributed by atoms with E-state index in [1.807, 2.05) is 12.1 Å². The topological polar surface area (TPSA) is 78.4 Å². The molecule has 1 rings (SSSR count). The van der Waals surface area contributed by atoms with E-state index in [2.05, 4.69) is 29.7 Å². The van der Waals surface area contributed by atoms with Crippen molar-refractivity contribution >= 4 is 11.9 Å². The molecule has 1 aromatic rings. The van der Waals surface area contributed by atoms with E-state index in [-0.39, 0.29) is 12.5 Å². The molecular formula is C14H20N2O3. The fourth-order valence-electron chi connectivity index (χ4n) is 1.70. The molecule has 0 heterocycles. The van der Waals surface area contributed by atoms with Crippen LogP contribution in [0, 0.1) is 0 Å². The lowest BCUT2D eigenvalue weighted by atomic mass is 10.1. The molecule has 5 nitrogen and oxygen atoms in total. The van der Waals surface area contributed by atoms with Gasteiger partial charge in [-0.2, -0.15) is 0 Å². The Morgan fingerprint density at radius 1 is 1.21 bits per heavy atom. The van der Waals surface area contributed by atoms with E-state index in [4.69, 9.17) is 5.11 Å². The fourth-order valence-corrected chi connectivity index (χ4v) is 1.70. The number of carboxylic acid groups (broad SMARTS) is 1. The lowest BCUT2D eigenvalue weighted by Gasteiger charge is -2.14. The molecule has 1 amide bonds. The third-order valence-corrected chi connectivity index (χ3v) is 2.78. The van der Waals surface area contributed by atoms with E-state index in [0.29, 0.717) is 6.54 Å². The Labute approximate surface area is 113 Å². The van der Waals surface area contributed by atoms with Gasteiger partial charge in [0.1, 0.15) is 6.04 Å². The van der Waals surface area contributed by atoms with Gasteiger partial charge in [-0.3, -0.25) is 4.79 Å². The molecule has 0 aliphatic heterocycles. The average molecular weight is 264 g/mol. The van der Waals surface area contributed by atoms with Gasteiger partial charge in [0.15, 0.2) is 0 Å². The van der Waals surface area contributed by atoms with Crippen LogP contribution in [0.25, 0.3) is 0 Å². The van der Waals surface area contributed by atoms with Crippen LogP contribution in [0.5, 0.6) is 0 Å². The molecule has 0 bridgehead atoms. The lowest BCUT2D eigenvalue weighted by molar-refractivity contribution is -0.141. The Morgan fingerprint density at radius 3 is 2.26 bits per heavy atom. The van der Waals surface area contributed by atoms with E-state index in [1.54, 1.807) is 0 Å². The number of benzene rings is 1. The molecule has 0 aliphatic rings. The van der Waals surface area contributed by atoms with Gasteiger partial charge in [-0.25, -0.2) is 4.79 Å². The molecule has 1 unspecified atom stereocenters. The summed E-state index contributed by atoms with van der Waals surface area (Å²) in [5, 5.41) is 14.3. The Hall–Kier alpha value is -1.88. The number of hydrogen-bond acceptors (Lipinski definition) is 3. The number of aryl methyl sites for hydroxylation is 1. The second-order valence-corrected chi connectivity index (χ2v) is 4.39. The lowest BCUT2D eigenvalue weighted by Crippen LogP contribution is -2.46. The van der Waals surface area contributed by atoms with Crippen LogP contribution in [0.4, 0.5) is 0 Å². The van der Waals surface area contributed by atoms with E-state index in [1.165, 1.54) is 12.5 Å². The summed E-state index contributed by atoms with van der Waals surface area (Å²) in [5.41, 5.74) is 2.36. The number of aliphatic carboxylic acids is 1. The van der Waals surface area contributed by atoms with Crippen LogP contribution in [0.15, 0.2) is 24.3 Å². The SMILES string of the molecule is CCc1ccc(CNCC(NC(C)=O)C(=O)O)cc1. The van der Waals surface area contributed by atoms with Crippen LogP contribution in [-0.4, -0.2) is 29.6 Å². The quantitative estimate of drug-likeness (QED) is 0.684. The highest BCUT2D eigenvalue weighted by atomic mass is 16.4. The molecule has 0 spiro atoms. The number of nitrogens with one attached hydrogen (secondary N) is 2. The van der Waals surface area contributed by atoms with Gasteiger partial charge in [0.2, 0.25) is 5.91 Å². The van der Waals surface area contributed by atoms with Gasteiger partial charge < -0.3 is 15.7 Å². The first-order chi connectivity index (χ1) is 9.02. The van der Waals surface area contributed by atoms with Crippen molar-refractivity contribution in [2.75, 3.05) is 6.54 Å². The highest BCUT2D eigenvalue weighted by molar-refractivity contribution is 5.82. The van der Waals surface area contributed by atoms with E-state index >= 15 is 0 Å². The second kappa shape index (κ2) is 7.53. The number of carboxylic acids is 1. The maximum atomic E-state index is 10.9. The van der Waals surface area contributed by atoms with Crippen LogP contribution in [-0.2, 0) is 22.6 Å². The van der Waals surface area contributed by atoms with E-state index in [9.17, 15) is 9.59 Å². The minimum absolute atomic E-state index is 0.199. The molecule has 5 heteroatoms. The third-order valence-electron chi connectivity index (χ3n) is 2.78. The molecule has 104 valence electrons. The monoisotopic (exact) mass is 264 g/mol. The van der Waals surface area contributed by atoms with Gasteiger partial charge >= 0.3 is 5.97 Å². The molecule has 0 fully saturated rings. The van der Waals surface area contributed by atoms with Crippen molar-refractivity contribution in [1.29, 1.82) is 0 Å². The summed E-state index contributed by atoms with van der Waals surface area (Å²) in [4.78, 5) is 21.8. The van der Waals surface area contributed by atoms with Crippen LogP contribution in [0.2, 0.25) is 0 Å². The Kier molecular flexibility index (Phi) is 6.02. The van der Waals surface area contributed by atoms with Crippen LogP contribution in [0.3, 0.4) is 0 Å². The Morgan fingerprint density at radius 2 is 1.79 bits per heavy atom. The summed E-state index contributed by atoms with van der Waals surface area (Å²) in [6.07, 6.45) is 0.997. The summed E-state index contributed by atoms with van der Waals surface area (Å²) >= 11 is 0. The van der Waals surface area contributed by atoms with Crippen LogP contribution < -0.4 is 10.6 Å². The summed E-state index contributed by atoms with van der Waals surface area (Å²) < 4.78 is 0. The minimum Gasteiger partial charge on any atom is -0.480 e. The van der Waals surface area contributed by atoms with Crippen molar-refractivity contribution < 1.29 is 14.7 Å². The fraction of sp³-hybridized carbons (Fsp3) is 0.429. The maximum Gasteiger partial charge on any atom is 0.327 e. The van der Waals surface area contributed by atoms with Crippen molar-refractivity contribution in [3.63, 3.8) is 0 Å². The zero-order valence-electron chi connectivity index (χ0n) is 11.3. The molecule has 3 N–H and O–H groups in total. The van der Waals surface area contributed by atoms with Crippen LogP contribution in [0.1, 0.15) is 25.0 Å². The van der Waals surface area contributed by atoms with Gasteiger partial charge in [-0.15, -0.1) is 0 Å². The molecule has 0 aliphatic carbocycles. The van der Waals surface area contributed by atoms with Gasteiger partial charge in [-0.05, 0) is 17.5 Å². The van der Waals surface area contributed by atoms with Gasteiger partial charge in [0, 0.05) is 20.0 Å². The summed E-state index contributed by atoms with van der Waals surface area (Å²) in [7, 11) is 0. The normalized spacial score (nSPS) is 11.9. The number of amides is 1. The Balaban J connectivity index is 2.42. The number of rotatable bonds is 7. The highest BCUT2D eigenvalue weighted by Gasteiger charge is 2.17. The van der Waals surface area contributed by atoms with Crippen molar-refractivity contribution in [2.24, 2.45) is 0 Å². The standard InChI is InChI=1S/C14H20N2O3/c1-3-11-4-6-12(7-5-11)8-15-9-13(14(18)19)16-10(2)17/h4-7,13,15H,3,8-9H2,1-2H3,(H,16,17)(H,18,19). The molecule has 0 saturated heterocycles. The first kappa shape index (κ1) is 15.2. The smallest absolute Gasteiger partial charge is 0.327 e. The van der Waals surface area contributed by atoms with Crippen molar-refractivity contribution in [3.8, 4) is 0 Å². The van der Waals surface area contributed by atoms with E-state index < -0.39 is 12.0 Å². The predicted octanol–water partition coefficient (Wildman–Crippen LogP) is 0.928. The van der Waals surface area contributed by atoms with E-state index in [0.717, 1.165) is 12.0 Å². The second-order valence-electron chi connectivity index (χ2n) is 4.39. The number of carbonyl (C=O) groups excluding carboxylic acids is 1. The Bertz CT molecular complexity index is 429. The first-order valence-electron chi connectivity index (χ1n) is 6.31. The number of carbonyl (C=O) groups is 2. The average Bonchev–Trinajstić information content (AvgIpc) is 2.37. The maximum absolute atomic E-state index is 10.9. The van der Waals surface area contributed by atoms with Crippen LogP contribution >= 0.6 is 0 Å². The zero-order chi connectivity index (χ0) is 14.3. The molecular weight excluding hydrogens is 244 g/mol. The first-order valence-corrected chi connectivity index (χ1v) is 6.31. The predicted molar refractivity (Wildman–Crippen MR) is 72.8 cm³/mol. The molecule has 0 aromatic heterocycles. The van der Waals surface area contributed by atoms with Gasteiger partial charge in [0.05, 0.1) is 0 Å². The van der Waals surface area contributed by atoms with Crippen molar-refractivity contribution in [2.45, 2.75) is 32.9 Å². The van der Waals surface area contributed by atoms with Crippen molar-refractivity contribution in [1.82, 2.24) is 10.6 Å². The summed E-state index contributed by atoms with van der Waals surface area (Å²) in [5.74, 6) is -1.38. The molecule has 19 heavy (non-hydrogen) atoms. The van der Waals surface area contributed by atoms with Crippen molar-refractivity contribution in [3.05, 3.63) is 35.4 Å². The summed E-state index contributed by atoms with van der Waals surface area (Å²) in [6, 6.07) is 7.24. The zero-order valence-corrected chi connectivity index (χ0v) is 11.3. The molecule has 0 saturated carbocycles. The molecule has 0 radical (unpaired) electrons. The largest absolute Gasteiger partial charge is 0.480 e. The summed E-state index contributed by atoms with van der Waals surface area (Å²) in [6.45, 7) is 4.18. The third kappa shape index (κ3) is 5.52. The number of hydrogen-bond donors (Lipinski definition) is 3. The molecule has 1 atom stereocenters. The molecule has 1 aromatic carbocycles. The van der Waals surface area contributed by atoms with Gasteiger partial charge in [-0.1, -0.05) is 31.2 Å².